The molecule has 162 valence electrons. The molecule has 5 heteroatoms. The van der Waals surface area contributed by atoms with E-state index in [1.165, 1.54) is 24.8 Å². The number of aromatic amines is 1. The van der Waals surface area contributed by atoms with E-state index in [9.17, 15) is 4.79 Å². The first kappa shape index (κ1) is 21.6. The number of H-pyrrole nitrogens is 1. The van der Waals surface area contributed by atoms with Gasteiger partial charge >= 0.3 is 0 Å². The summed E-state index contributed by atoms with van der Waals surface area (Å²) >= 11 is 5.89. The Labute approximate surface area is 189 Å². The Hall–Kier alpha value is -2.66. The molecule has 1 heterocycles. The molecule has 4 nitrogen and oxygen atoms in total. The van der Waals surface area contributed by atoms with Crippen molar-refractivity contribution < 1.29 is 0 Å². The van der Waals surface area contributed by atoms with Gasteiger partial charge in [-0.2, -0.15) is 0 Å². The van der Waals surface area contributed by atoms with E-state index < -0.39 is 0 Å². The fraction of sp³-hybridized carbons (Fsp3) is 0.385. The molecule has 1 saturated carbocycles. The summed E-state index contributed by atoms with van der Waals surface area (Å²) in [4.78, 5) is 18.3. The van der Waals surface area contributed by atoms with Crippen molar-refractivity contribution in [2.75, 3.05) is 0 Å². The van der Waals surface area contributed by atoms with E-state index in [4.69, 9.17) is 12.2 Å². The van der Waals surface area contributed by atoms with Crippen LogP contribution >= 0.6 is 12.2 Å². The average Bonchev–Trinajstić information content (AvgIpc) is 2.79. The number of fused-ring (bicyclic) bond motifs is 1. The van der Waals surface area contributed by atoms with Gasteiger partial charge in [0, 0.05) is 11.6 Å². The van der Waals surface area contributed by atoms with Crippen LogP contribution in [0.25, 0.3) is 10.9 Å². The Balaban J connectivity index is 1.61. The van der Waals surface area contributed by atoms with Crippen molar-refractivity contribution in [1.29, 1.82) is 0 Å². The van der Waals surface area contributed by atoms with Crippen molar-refractivity contribution in [1.82, 2.24) is 15.2 Å². The second-order valence-corrected chi connectivity index (χ2v) is 9.05. The van der Waals surface area contributed by atoms with Gasteiger partial charge in [0.1, 0.15) is 0 Å². The van der Waals surface area contributed by atoms with E-state index in [0.717, 1.165) is 40.0 Å². The predicted octanol–water partition coefficient (Wildman–Crippen LogP) is 5.61. The summed E-state index contributed by atoms with van der Waals surface area (Å²) in [5.74, 6) is 0. The SMILES string of the molecule is Cc1cccc2cc(CN(C(=S)N[C@H](C)c3ccccc3)C3CCCCC3)c(=O)[nH]c12. The lowest BCUT2D eigenvalue weighted by molar-refractivity contribution is 0.233. The van der Waals surface area contributed by atoms with Crippen molar-refractivity contribution in [3.8, 4) is 0 Å². The Morgan fingerprint density at radius 1 is 1.13 bits per heavy atom. The van der Waals surface area contributed by atoms with E-state index in [1.54, 1.807) is 0 Å². The largest absolute Gasteiger partial charge is 0.356 e. The number of hydrogen-bond acceptors (Lipinski definition) is 2. The zero-order chi connectivity index (χ0) is 21.8. The maximum atomic E-state index is 12.9. The quantitative estimate of drug-likeness (QED) is 0.514. The molecule has 0 radical (unpaired) electrons. The third-order valence-electron chi connectivity index (χ3n) is 6.42. The first-order valence-electron chi connectivity index (χ1n) is 11.3. The van der Waals surface area contributed by atoms with Gasteiger partial charge in [0.25, 0.3) is 5.56 Å². The standard InChI is InChI=1S/C26H31N3OS/c1-18-10-9-13-21-16-22(25(30)28-24(18)21)17-29(23-14-7-4-8-15-23)26(31)27-19(2)20-11-5-3-6-12-20/h3,5-6,9-13,16,19,23H,4,7-8,14-15,17H2,1-2H3,(H,27,31)(H,28,30)/t19-/m1/s1. The topological polar surface area (TPSA) is 48.1 Å². The van der Waals surface area contributed by atoms with Crippen LogP contribution in [0.3, 0.4) is 0 Å². The maximum absolute atomic E-state index is 12.9. The Kier molecular flexibility index (Phi) is 6.71. The minimum Gasteiger partial charge on any atom is -0.356 e. The molecular weight excluding hydrogens is 402 g/mol. The van der Waals surface area contributed by atoms with Crippen molar-refractivity contribution in [3.05, 3.63) is 81.6 Å². The third-order valence-corrected chi connectivity index (χ3v) is 6.77. The molecule has 0 aliphatic heterocycles. The molecule has 4 rings (SSSR count). The van der Waals surface area contributed by atoms with Gasteiger partial charge in [0.15, 0.2) is 5.11 Å². The number of aromatic nitrogens is 1. The molecule has 0 bridgehead atoms. The van der Waals surface area contributed by atoms with Crippen LogP contribution in [0.1, 0.15) is 61.8 Å². The number of benzene rings is 2. The molecule has 0 unspecified atom stereocenters. The van der Waals surface area contributed by atoms with Gasteiger partial charge in [-0.3, -0.25) is 4.79 Å². The number of pyridine rings is 1. The Bertz CT molecular complexity index is 1100. The van der Waals surface area contributed by atoms with Gasteiger partial charge in [0.2, 0.25) is 0 Å². The molecule has 0 spiro atoms. The van der Waals surface area contributed by atoms with E-state index in [1.807, 2.05) is 43.3 Å². The summed E-state index contributed by atoms with van der Waals surface area (Å²) in [5, 5.41) is 5.32. The second-order valence-electron chi connectivity index (χ2n) is 8.66. The maximum Gasteiger partial charge on any atom is 0.253 e. The highest BCUT2D eigenvalue weighted by Gasteiger charge is 2.25. The minimum absolute atomic E-state index is 0.0264. The number of nitrogens with zero attached hydrogens (tertiary/aromatic N) is 1. The van der Waals surface area contributed by atoms with E-state index >= 15 is 0 Å². The Morgan fingerprint density at radius 3 is 2.61 bits per heavy atom. The van der Waals surface area contributed by atoms with Crippen LogP contribution in [0.4, 0.5) is 0 Å². The summed E-state index contributed by atoms with van der Waals surface area (Å²) in [7, 11) is 0. The third kappa shape index (κ3) is 4.99. The van der Waals surface area contributed by atoms with Gasteiger partial charge in [0.05, 0.1) is 18.1 Å². The lowest BCUT2D eigenvalue weighted by Gasteiger charge is -2.37. The van der Waals surface area contributed by atoms with Crippen LogP contribution in [0.15, 0.2) is 59.4 Å². The molecule has 1 atom stereocenters. The number of aryl methyl sites for hydroxylation is 1. The van der Waals surface area contributed by atoms with Crippen molar-refractivity contribution >= 4 is 28.2 Å². The first-order chi connectivity index (χ1) is 15.0. The lowest BCUT2D eigenvalue weighted by Crippen LogP contribution is -2.47. The van der Waals surface area contributed by atoms with Crippen molar-refractivity contribution in [2.24, 2.45) is 0 Å². The normalized spacial score (nSPS) is 15.5. The second kappa shape index (κ2) is 9.65. The highest BCUT2D eigenvalue weighted by atomic mass is 32.1. The number of nitrogens with one attached hydrogen (secondary N) is 2. The van der Waals surface area contributed by atoms with Crippen LogP contribution in [-0.2, 0) is 6.54 Å². The molecule has 0 saturated heterocycles. The predicted molar refractivity (Wildman–Crippen MR) is 132 cm³/mol. The summed E-state index contributed by atoms with van der Waals surface area (Å²) < 4.78 is 0. The molecule has 2 aromatic carbocycles. The van der Waals surface area contributed by atoms with Crippen molar-refractivity contribution in [3.63, 3.8) is 0 Å². The molecular formula is C26H31N3OS. The zero-order valence-electron chi connectivity index (χ0n) is 18.4. The van der Waals surface area contributed by atoms with E-state index in [-0.39, 0.29) is 11.6 Å². The van der Waals surface area contributed by atoms with Crippen LogP contribution < -0.4 is 10.9 Å². The summed E-state index contributed by atoms with van der Waals surface area (Å²) in [6.07, 6.45) is 5.94. The average molecular weight is 434 g/mol. The first-order valence-corrected chi connectivity index (χ1v) is 11.7. The highest BCUT2D eigenvalue weighted by molar-refractivity contribution is 7.80. The minimum atomic E-state index is -0.0264. The summed E-state index contributed by atoms with van der Waals surface area (Å²) in [5.41, 5.74) is 3.94. The van der Waals surface area contributed by atoms with Crippen LogP contribution in [0.5, 0.6) is 0 Å². The van der Waals surface area contributed by atoms with E-state index in [0.29, 0.717) is 12.6 Å². The summed E-state index contributed by atoms with van der Waals surface area (Å²) in [6, 6.07) is 19.0. The van der Waals surface area contributed by atoms with Gasteiger partial charge in [-0.05, 0) is 61.5 Å². The molecule has 3 aromatic rings. The van der Waals surface area contributed by atoms with Gasteiger partial charge < -0.3 is 15.2 Å². The lowest BCUT2D eigenvalue weighted by atomic mass is 9.94. The molecule has 1 aliphatic carbocycles. The fourth-order valence-electron chi connectivity index (χ4n) is 4.58. The van der Waals surface area contributed by atoms with E-state index in [2.05, 4.69) is 40.3 Å². The molecule has 2 N–H and O–H groups in total. The summed E-state index contributed by atoms with van der Waals surface area (Å²) in [6.45, 7) is 4.68. The smallest absolute Gasteiger partial charge is 0.253 e. The number of rotatable bonds is 5. The fourth-order valence-corrected chi connectivity index (χ4v) is 4.97. The van der Waals surface area contributed by atoms with Crippen LogP contribution in [0.2, 0.25) is 0 Å². The molecule has 0 amide bonds. The van der Waals surface area contributed by atoms with Crippen LogP contribution in [0, 0.1) is 6.92 Å². The Morgan fingerprint density at radius 2 is 1.87 bits per heavy atom. The van der Waals surface area contributed by atoms with Gasteiger partial charge in [-0.25, -0.2) is 0 Å². The number of thiocarbonyl (C=S) groups is 1. The molecule has 1 aliphatic rings. The van der Waals surface area contributed by atoms with Gasteiger partial charge in [-0.1, -0.05) is 67.8 Å². The molecule has 1 fully saturated rings. The number of para-hydroxylation sites is 1. The monoisotopic (exact) mass is 433 g/mol. The zero-order valence-corrected chi connectivity index (χ0v) is 19.2. The molecule has 31 heavy (non-hydrogen) atoms. The van der Waals surface area contributed by atoms with Crippen LogP contribution in [-0.4, -0.2) is 21.0 Å². The molecule has 1 aromatic heterocycles. The van der Waals surface area contributed by atoms with Gasteiger partial charge in [-0.15, -0.1) is 0 Å². The highest BCUT2D eigenvalue weighted by Crippen LogP contribution is 2.25. The number of hydrogen-bond donors (Lipinski definition) is 2. The van der Waals surface area contributed by atoms with Crippen molar-refractivity contribution in [2.45, 2.75) is 64.6 Å².